The Balaban J connectivity index is 1.68. The van der Waals surface area contributed by atoms with Gasteiger partial charge < -0.3 is 27.4 Å². The molecule has 0 aromatic heterocycles. The Kier molecular flexibility index (Phi) is 5.45. The lowest BCUT2D eigenvalue weighted by Crippen LogP contribution is -2.48. The summed E-state index contributed by atoms with van der Waals surface area (Å²) in [6, 6.07) is 7.85. The van der Waals surface area contributed by atoms with Crippen LogP contribution in [0.3, 0.4) is 0 Å². The zero-order valence-electron chi connectivity index (χ0n) is 13.8. The van der Waals surface area contributed by atoms with Crippen LogP contribution in [-0.4, -0.2) is 30.5 Å². The Morgan fingerprint density at radius 2 is 1.84 bits per heavy atom. The Morgan fingerprint density at radius 1 is 1.16 bits per heavy atom. The molecule has 1 heterocycles. The largest absolute Gasteiger partial charge is 0.368 e. The molecule has 7 nitrogen and oxygen atoms in total. The van der Waals surface area contributed by atoms with Gasteiger partial charge in [0.25, 0.3) is 5.91 Å². The highest BCUT2D eigenvalue weighted by atomic mass is 35.5. The third-order valence-electron chi connectivity index (χ3n) is 4.44. The van der Waals surface area contributed by atoms with Gasteiger partial charge in [-0.05, 0) is 49.9 Å². The van der Waals surface area contributed by atoms with Crippen LogP contribution in [-0.2, 0) is 4.79 Å². The molecule has 1 atom stereocenters. The number of nitrogens with one attached hydrogen (secondary N) is 3. The van der Waals surface area contributed by atoms with E-state index < -0.39 is 12.2 Å². The number of nitrogens with zero attached hydrogens (tertiary/aromatic N) is 1. The van der Waals surface area contributed by atoms with Crippen LogP contribution in [0.2, 0.25) is 5.02 Å². The minimum Gasteiger partial charge on any atom is -0.368 e. The fourth-order valence-electron chi connectivity index (χ4n) is 3.02. The van der Waals surface area contributed by atoms with Crippen molar-refractivity contribution in [2.24, 2.45) is 16.5 Å². The Bertz CT molecular complexity index is 679. The predicted molar refractivity (Wildman–Crippen MR) is 100 cm³/mol. The first kappa shape index (κ1) is 17.6. The number of benzene rings is 1. The number of hydrogen-bond acceptors (Lipinski definition) is 6. The first-order valence-corrected chi connectivity index (χ1v) is 8.77. The molecule has 1 aromatic rings. The number of anilines is 1. The minimum absolute atomic E-state index is 0.263. The van der Waals surface area contributed by atoms with Crippen LogP contribution in [0, 0.1) is 0 Å². The van der Waals surface area contributed by atoms with Crippen molar-refractivity contribution in [3.8, 4) is 0 Å². The van der Waals surface area contributed by atoms with Gasteiger partial charge in [0.1, 0.15) is 5.82 Å². The molecule has 1 amide bonds. The molecule has 2 aliphatic rings. The first-order valence-electron chi connectivity index (χ1n) is 8.39. The summed E-state index contributed by atoms with van der Waals surface area (Å²) in [7, 11) is 0. The van der Waals surface area contributed by atoms with Crippen LogP contribution in [0.5, 0.6) is 0 Å². The van der Waals surface area contributed by atoms with E-state index in [-0.39, 0.29) is 12.1 Å². The van der Waals surface area contributed by atoms with Crippen molar-refractivity contribution in [3.63, 3.8) is 0 Å². The van der Waals surface area contributed by atoms with E-state index in [1.807, 2.05) is 12.1 Å². The average molecular weight is 363 g/mol. The highest BCUT2D eigenvalue weighted by Gasteiger charge is 2.24. The van der Waals surface area contributed by atoms with Crippen molar-refractivity contribution in [2.45, 2.75) is 44.1 Å². The monoisotopic (exact) mass is 362 g/mol. The van der Waals surface area contributed by atoms with Crippen molar-refractivity contribution in [1.29, 1.82) is 0 Å². The molecular weight excluding hydrogens is 340 g/mol. The lowest BCUT2D eigenvalue weighted by molar-refractivity contribution is -0.114. The predicted octanol–water partition coefficient (Wildman–Crippen LogP) is 1.27. The Hall–Kier alpha value is -2.25. The summed E-state index contributed by atoms with van der Waals surface area (Å²) in [5.41, 5.74) is 12.6. The topological polar surface area (TPSA) is 118 Å². The molecule has 1 aliphatic heterocycles. The normalized spacial score (nSPS) is 26.1. The van der Waals surface area contributed by atoms with Gasteiger partial charge in [0, 0.05) is 29.0 Å². The lowest BCUT2D eigenvalue weighted by Gasteiger charge is -2.32. The van der Waals surface area contributed by atoms with Crippen LogP contribution in [0.25, 0.3) is 0 Å². The second-order valence-electron chi connectivity index (χ2n) is 6.39. The molecule has 1 aromatic carbocycles. The number of aliphatic imine (C=N–C) groups is 1. The maximum Gasteiger partial charge on any atom is 0.253 e. The van der Waals surface area contributed by atoms with Crippen molar-refractivity contribution in [3.05, 3.63) is 40.7 Å². The smallest absolute Gasteiger partial charge is 0.253 e. The van der Waals surface area contributed by atoms with Gasteiger partial charge in [0.2, 0.25) is 0 Å². The molecule has 134 valence electrons. The fraction of sp³-hybridized carbons (Fsp3) is 0.412. The molecule has 3 rings (SSSR count). The Labute approximate surface area is 151 Å². The molecule has 1 saturated carbocycles. The van der Waals surface area contributed by atoms with Gasteiger partial charge in [-0.25, -0.2) is 4.99 Å². The maximum absolute atomic E-state index is 11.7. The molecular formula is C17H23ClN6O. The van der Waals surface area contributed by atoms with E-state index in [1.165, 1.54) is 6.21 Å². The van der Waals surface area contributed by atoms with E-state index in [4.69, 9.17) is 23.1 Å². The molecule has 0 bridgehead atoms. The van der Waals surface area contributed by atoms with Crippen LogP contribution in [0.15, 0.2) is 40.7 Å². The molecule has 0 radical (unpaired) electrons. The van der Waals surface area contributed by atoms with Crippen molar-refractivity contribution < 1.29 is 4.79 Å². The summed E-state index contributed by atoms with van der Waals surface area (Å²) in [5.74, 6) is 0.0886. The summed E-state index contributed by atoms with van der Waals surface area (Å²) in [6.07, 6.45) is 4.96. The lowest BCUT2D eigenvalue weighted by atomic mass is 9.92. The standard InChI is InChI=1S/C17H23ClN6O/c18-10-1-5-13(6-2-10)23-17-21-9-14(15(20)25)16(24-17)22-12-7-3-11(19)4-8-12/h1-2,5-6,9,11-12,17,22-24H,3-4,7-8,19H2,(H2,20,25)/t11-,12+,17?. The summed E-state index contributed by atoms with van der Waals surface area (Å²) < 4.78 is 0. The first-order chi connectivity index (χ1) is 12.0. The van der Waals surface area contributed by atoms with Crippen LogP contribution < -0.4 is 27.4 Å². The molecule has 1 fully saturated rings. The number of rotatable bonds is 5. The molecule has 7 N–H and O–H groups in total. The van der Waals surface area contributed by atoms with Gasteiger partial charge in [-0.15, -0.1) is 0 Å². The molecule has 8 heteroatoms. The molecule has 1 aliphatic carbocycles. The summed E-state index contributed by atoms with van der Waals surface area (Å²) in [6.45, 7) is 0. The third kappa shape index (κ3) is 4.64. The van der Waals surface area contributed by atoms with Crippen LogP contribution >= 0.6 is 11.6 Å². The number of nitrogens with two attached hydrogens (primary N) is 2. The van der Waals surface area contributed by atoms with Crippen LogP contribution in [0.1, 0.15) is 25.7 Å². The van der Waals surface area contributed by atoms with E-state index in [0.717, 1.165) is 31.4 Å². The summed E-state index contributed by atoms with van der Waals surface area (Å²) in [4.78, 5) is 16.0. The van der Waals surface area contributed by atoms with Crippen molar-refractivity contribution in [2.75, 3.05) is 5.32 Å². The number of primary amides is 1. The summed E-state index contributed by atoms with van der Waals surface area (Å²) in [5, 5.41) is 10.5. The fourth-order valence-corrected chi connectivity index (χ4v) is 3.14. The van der Waals surface area contributed by atoms with Gasteiger partial charge in [0.15, 0.2) is 6.29 Å². The van der Waals surface area contributed by atoms with E-state index >= 15 is 0 Å². The minimum atomic E-state index is -0.517. The van der Waals surface area contributed by atoms with Gasteiger partial charge in [-0.2, -0.15) is 0 Å². The quantitative estimate of drug-likeness (QED) is 0.540. The molecule has 0 spiro atoms. The SMILES string of the molecule is NC(=O)C1=C(N[C@H]2CC[C@@H](N)CC2)NC(Nc2ccc(Cl)cc2)N=C1. The van der Waals surface area contributed by atoms with E-state index in [1.54, 1.807) is 12.1 Å². The average Bonchev–Trinajstić information content (AvgIpc) is 2.59. The van der Waals surface area contributed by atoms with Crippen molar-refractivity contribution >= 4 is 29.4 Å². The van der Waals surface area contributed by atoms with Crippen LogP contribution in [0.4, 0.5) is 5.69 Å². The number of amides is 1. The van der Waals surface area contributed by atoms with Gasteiger partial charge in [-0.1, -0.05) is 11.6 Å². The highest BCUT2D eigenvalue weighted by Crippen LogP contribution is 2.19. The Morgan fingerprint density at radius 3 is 2.48 bits per heavy atom. The zero-order chi connectivity index (χ0) is 17.8. The number of carbonyl (C=O) groups excluding carboxylic acids is 1. The number of halogens is 1. The molecule has 0 saturated heterocycles. The van der Waals surface area contributed by atoms with Gasteiger partial charge >= 0.3 is 0 Å². The molecule has 1 unspecified atom stereocenters. The second kappa shape index (κ2) is 7.76. The number of carbonyl (C=O) groups is 1. The van der Waals surface area contributed by atoms with E-state index in [9.17, 15) is 4.79 Å². The van der Waals surface area contributed by atoms with E-state index in [2.05, 4.69) is 20.9 Å². The highest BCUT2D eigenvalue weighted by molar-refractivity contribution is 6.30. The zero-order valence-corrected chi connectivity index (χ0v) is 14.6. The third-order valence-corrected chi connectivity index (χ3v) is 4.69. The van der Waals surface area contributed by atoms with E-state index in [0.29, 0.717) is 16.4 Å². The maximum atomic E-state index is 11.7. The van der Waals surface area contributed by atoms with Gasteiger partial charge in [0.05, 0.1) is 5.57 Å². The van der Waals surface area contributed by atoms with Gasteiger partial charge in [-0.3, -0.25) is 4.79 Å². The number of hydrogen-bond donors (Lipinski definition) is 5. The van der Waals surface area contributed by atoms with Crippen molar-refractivity contribution in [1.82, 2.24) is 10.6 Å². The molecule has 25 heavy (non-hydrogen) atoms. The second-order valence-corrected chi connectivity index (χ2v) is 6.82. The summed E-state index contributed by atoms with van der Waals surface area (Å²) >= 11 is 5.90.